The minimum absolute atomic E-state index is 0.203. The fourth-order valence-corrected chi connectivity index (χ4v) is 4.63. The average molecular weight is 369 g/mol. The molecule has 1 heterocycles. The van der Waals surface area contributed by atoms with Crippen LogP contribution >= 0.6 is 0 Å². The molecule has 0 aromatic heterocycles. The van der Waals surface area contributed by atoms with Crippen LogP contribution in [0.1, 0.15) is 83.5 Å². The third-order valence-electron chi connectivity index (χ3n) is 6.48. The number of unbranched alkanes of at least 4 members (excludes halogenated alkanes) is 5. The molecule has 6 unspecified atom stereocenters. The fraction of sp³-hybridized carbons (Fsp3) is 0.952. The van der Waals surface area contributed by atoms with Crippen LogP contribution in [-0.2, 0) is 14.3 Å². The first-order valence-corrected chi connectivity index (χ1v) is 10.8. The van der Waals surface area contributed by atoms with E-state index in [1.807, 2.05) is 0 Å². The van der Waals surface area contributed by atoms with Crippen LogP contribution in [-0.4, -0.2) is 47.2 Å². The molecule has 2 saturated carbocycles. The summed E-state index contributed by atoms with van der Waals surface area (Å²) < 4.78 is 10.9. The van der Waals surface area contributed by atoms with Crippen LogP contribution in [0, 0.1) is 11.8 Å². The number of aliphatic hydroxyl groups is 2. The minimum atomic E-state index is -0.784. The maximum Gasteiger partial charge on any atom is 0.309 e. The lowest BCUT2D eigenvalue weighted by Gasteiger charge is -2.28. The van der Waals surface area contributed by atoms with E-state index in [1.54, 1.807) is 0 Å². The first-order valence-electron chi connectivity index (χ1n) is 10.8. The van der Waals surface area contributed by atoms with Gasteiger partial charge in [-0.05, 0) is 50.9 Å². The first kappa shape index (κ1) is 20.1. The predicted octanol–water partition coefficient (Wildman–Crippen LogP) is 3.35. The molecular weight excluding hydrogens is 332 g/mol. The number of rotatable bonds is 10. The van der Waals surface area contributed by atoms with Gasteiger partial charge in [0.05, 0.1) is 36.9 Å². The summed E-state index contributed by atoms with van der Waals surface area (Å²) in [7, 11) is 0. The molecule has 0 aromatic carbocycles. The lowest BCUT2D eigenvalue weighted by atomic mass is 9.85. The third kappa shape index (κ3) is 6.21. The summed E-state index contributed by atoms with van der Waals surface area (Å²) in [5.41, 5.74) is 0. The Morgan fingerprint density at radius 2 is 1.62 bits per heavy atom. The van der Waals surface area contributed by atoms with E-state index in [2.05, 4.69) is 0 Å². The number of carbonyl (C=O) groups excluding carboxylic acids is 1. The Morgan fingerprint density at radius 3 is 2.38 bits per heavy atom. The molecule has 0 spiro atoms. The van der Waals surface area contributed by atoms with Gasteiger partial charge in [-0.2, -0.15) is 0 Å². The van der Waals surface area contributed by atoms with Crippen LogP contribution in [0.3, 0.4) is 0 Å². The predicted molar refractivity (Wildman–Crippen MR) is 98.6 cm³/mol. The Labute approximate surface area is 157 Å². The SMILES string of the molecule is O=C(OCCCCCCCCC1CCC2OC2C1)C1CCC(O)C(O)C1. The summed E-state index contributed by atoms with van der Waals surface area (Å²) in [5, 5.41) is 19.1. The van der Waals surface area contributed by atoms with Gasteiger partial charge in [-0.15, -0.1) is 0 Å². The maximum atomic E-state index is 12.0. The van der Waals surface area contributed by atoms with Gasteiger partial charge in [0.15, 0.2) is 0 Å². The van der Waals surface area contributed by atoms with Gasteiger partial charge in [-0.1, -0.05) is 38.5 Å². The second-order valence-corrected chi connectivity index (χ2v) is 8.61. The molecule has 150 valence electrons. The van der Waals surface area contributed by atoms with Gasteiger partial charge in [0.25, 0.3) is 0 Å². The van der Waals surface area contributed by atoms with Gasteiger partial charge >= 0.3 is 5.97 Å². The summed E-state index contributed by atoms with van der Waals surface area (Å²) in [6, 6.07) is 0. The molecule has 2 aliphatic carbocycles. The van der Waals surface area contributed by atoms with E-state index in [4.69, 9.17) is 9.47 Å². The Kier molecular flexibility index (Phi) is 7.77. The molecule has 3 aliphatic rings. The van der Waals surface area contributed by atoms with Gasteiger partial charge in [0.1, 0.15) is 0 Å². The van der Waals surface area contributed by atoms with Gasteiger partial charge in [-0.3, -0.25) is 4.79 Å². The third-order valence-corrected chi connectivity index (χ3v) is 6.48. The smallest absolute Gasteiger partial charge is 0.309 e. The van der Waals surface area contributed by atoms with E-state index in [0.29, 0.717) is 38.1 Å². The number of carbonyl (C=O) groups is 1. The Morgan fingerprint density at radius 1 is 0.846 bits per heavy atom. The van der Waals surface area contributed by atoms with E-state index in [0.717, 1.165) is 18.8 Å². The van der Waals surface area contributed by atoms with Crippen molar-refractivity contribution >= 4 is 5.97 Å². The maximum absolute atomic E-state index is 12.0. The molecule has 3 rings (SSSR count). The van der Waals surface area contributed by atoms with Crippen LogP contribution in [0.25, 0.3) is 0 Å². The van der Waals surface area contributed by atoms with Crippen molar-refractivity contribution in [1.82, 2.24) is 0 Å². The Bertz CT molecular complexity index is 440. The zero-order valence-electron chi connectivity index (χ0n) is 16.0. The largest absolute Gasteiger partial charge is 0.465 e. The molecule has 6 atom stereocenters. The summed E-state index contributed by atoms with van der Waals surface area (Å²) >= 11 is 0. The quantitative estimate of drug-likeness (QED) is 0.351. The van der Waals surface area contributed by atoms with Crippen LogP contribution in [0.15, 0.2) is 0 Å². The molecule has 0 amide bonds. The van der Waals surface area contributed by atoms with E-state index in [1.165, 1.54) is 51.4 Å². The number of fused-ring (bicyclic) bond motifs is 1. The zero-order chi connectivity index (χ0) is 18.4. The molecule has 5 nitrogen and oxygen atoms in total. The highest BCUT2D eigenvalue weighted by molar-refractivity contribution is 5.72. The highest BCUT2D eigenvalue weighted by Crippen LogP contribution is 2.41. The Balaban J connectivity index is 1.11. The molecule has 5 heteroatoms. The molecule has 1 saturated heterocycles. The summed E-state index contributed by atoms with van der Waals surface area (Å²) in [4.78, 5) is 12.0. The van der Waals surface area contributed by atoms with Crippen molar-refractivity contribution in [1.29, 1.82) is 0 Å². The van der Waals surface area contributed by atoms with Crippen molar-refractivity contribution in [3.8, 4) is 0 Å². The topological polar surface area (TPSA) is 79.3 Å². The number of hydrogen-bond donors (Lipinski definition) is 2. The normalized spacial score (nSPS) is 36.4. The fourth-order valence-electron chi connectivity index (χ4n) is 4.63. The lowest BCUT2D eigenvalue weighted by molar-refractivity contribution is -0.153. The number of esters is 1. The minimum Gasteiger partial charge on any atom is -0.465 e. The van der Waals surface area contributed by atoms with E-state index in [-0.39, 0.29) is 11.9 Å². The second kappa shape index (κ2) is 10.0. The number of epoxide rings is 1. The van der Waals surface area contributed by atoms with Crippen molar-refractivity contribution in [3.63, 3.8) is 0 Å². The van der Waals surface area contributed by atoms with Gasteiger partial charge < -0.3 is 19.7 Å². The molecule has 1 aliphatic heterocycles. The van der Waals surface area contributed by atoms with Crippen LogP contribution in [0.5, 0.6) is 0 Å². The zero-order valence-corrected chi connectivity index (χ0v) is 16.0. The molecule has 3 fully saturated rings. The highest BCUT2D eigenvalue weighted by atomic mass is 16.6. The van der Waals surface area contributed by atoms with Crippen LogP contribution < -0.4 is 0 Å². The molecule has 0 aromatic rings. The van der Waals surface area contributed by atoms with Crippen molar-refractivity contribution in [2.75, 3.05) is 6.61 Å². The van der Waals surface area contributed by atoms with Crippen molar-refractivity contribution in [2.24, 2.45) is 11.8 Å². The van der Waals surface area contributed by atoms with Crippen LogP contribution in [0.4, 0.5) is 0 Å². The molecule has 26 heavy (non-hydrogen) atoms. The van der Waals surface area contributed by atoms with Crippen molar-refractivity contribution in [2.45, 2.75) is 108 Å². The second-order valence-electron chi connectivity index (χ2n) is 8.61. The molecule has 0 bridgehead atoms. The van der Waals surface area contributed by atoms with Gasteiger partial charge in [0, 0.05) is 0 Å². The Hall–Kier alpha value is -0.650. The molecular formula is C21H36O5. The van der Waals surface area contributed by atoms with Gasteiger partial charge in [-0.25, -0.2) is 0 Å². The van der Waals surface area contributed by atoms with E-state index >= 15 is 0 Å². The number of aliphatic hydroxyl groups excluding tert-OH is 2. The van der Waals surface area contributed by atoms with Crippen molar-refractivity contribution < 1.29 is 24.5 Å². The van der Waals surface area contributed by atoms with Gasteiger partial charge in [0.2, 0.25) is 0 Å². The first-order chi connectivity index (χ1) is 12.6. The van der Waals surface area contributed by atoms with Crippen molar-refractivity contribution in [3.05, 3.63) is 0 Å². The van der Waals surface area contributed by atoms with E-state index in [9.17, 15) is 15.0 Å². The van der Waals surface area contributed by atoms with Crippen LogP contribution in [0.2, 0.25) is 0 Å². The summed E-state index contributed by atoms with van der Waals surface area (Å²) in [6.07, 6.45) is 13.7. The summed E-state index contributed by atoms with van der Waals surface area (Å²) in [5.74, 6) is 0.451. The standard InChI is InChI=1S/C21H36O5/c22-17-10-9-16(14-18(17)23)21(24)25-12-6-4-2-1-3-5-7-15-8-11-19-20(13-15)26-19/h15-20,22-23H,1-14H2. The van der Waals surface area contributed by atoms with E-state index < -0.39 is 12.2 Å². The average Bonchev–Trinajstić information content (AvgIpc) is 3.41. The number of hydrogen-bond acceptors (Lipinski definition) is 5. The monoisotopic (exact) mass is 368 g/mol. The molecule has 0 radical (unpaired) electrons. The lowest BCUT2D eigenvalue weighted by Crippen LogP contribution is -2.37. The highest BCUT2D eigenvalue weighted by Gasteiger charge is 2.43. The molecule has 2 N–H and O–H groups in total. The number of ether oxygens (including phenoxy) is 2. The summed E-state index contributed by atoms with van der Waals surface area (Å²) in [6.45, 7) is 0.485.